The van der Waals surface area contributed by atoms with Crippen molar-refractivity contribution in [3.05, 3.63) is 259 Å². The van der Waals surface area contributed by atoms with E-state index in [1.165, 1.54) is 97.0 Å². The van der Waals surface area contributed by atoms with Crippen LogP contribution < -0.4 is 4.90 Å². The van der Waals surface area contributed by atoms with Crippen molar-refractivity contribution in [3.8, 4) is 22.3 Å². The average Bonchev–Trinajstić information content (AvgIpc) is 3.88. The van der Waals surface area contributed by atoms with Crippen molar-refractivity contribution in [3.63, 3.8) is 0 Å². The van der Waals surface area contributed by atoms with E-state index in [-0.39, 0.29) is 0 Å². The molecule has 0 radical (unpaired) electrons. The Morgan fingerprint density at radius 1 is 0.286 bits per heavy atom. The molecule has 63 heavy (non-hydrogen) atoms. The number of benzene rings is 11. The number of hydrogen-bond donors (Lipinski definition) is 0. The average molecular weight is 818 g/mol. The third kappa shape index (κ3) is 5.42. The molecular weight excluding hydrogens is 779 g/mol. The molecule has 11 aromatic carbocycles. The SMILES string of the molecule is c1ccc(C2(c3ccccc3)c3ccccc3-c3ccc(N(c4cccc(-c5ccc6c7ccccc7c7ccccc7c6c5)c4)c4ccc5c(c4)sc4ccccc45)cc32)cc1. The molecule has 1 nitrogen and oxygen atoms in total. The first-order chi connectivity index (χ1) is 31.2. The number of thiophene rings is 1. The van der Waals surface area contributed by atoms with Crippen molar-refractivity contribution in [1.82, 2.24) is 0 Å². The Labute approximate surface area is 370 Å². The molecule has 0 bridgehead atoms. The molecule has 0 unspecified atom stereocenters. The fraction of sp³-hybridized carbons (Fsp3) is 0.0164. The summed E-state index contributed by atoms with van der Waals surface area (Å²) in [6.07, 6.45) is 0. The highest BCUT2D eigenvalue weighted by molar-refractivity contribution is 7.25. The summed E-state index contributed by atoms with van der Waals surface area (Å²) < 4.78 is 2.58. The highest BCUT2D eigenvalue weighted by Gasteiger charge is 2.46. The van der Waals surface area contributed by atoms with E-state index in [4.69, 9.17) is 0 Å². The lowest BCUT2D eigenvalue weighted by Gasteiger charge is -2.35. The van der Waals surface area contributed by atoms with Crippen LogP contribution in [0.2, 0.25) is 0 Å². The first-order valence-corrected chi connectivity index (χ1v) is 22.6. The largest absolute Gasteiger partial charge is 0.310 e. The van der Waals surface area contributed by atoms with Gasteiger partial charge in [0.15, 0.2) is 0 Å². The molecule has 1 heterocycles. The van der Waals surface area contributed by atoms with Crippen molar-refractivity contribution in [2.45, 2.75) is 5.41 Å². The summed E-state index contributed by atoms with van der Waals surface area (Å²) in [7, 11) is 0. The van der Waals surface area contributed by atoms with Gasteiger partial charge in [-0.2, -0.15) is 0 Å². The Balaban J connectivity index is 1.04. The van der Waals surface area contributed by atoms with Gasteiger partial charge < -0.3 is 4.90 Å². The van der Waals surface area contributed by atoms with Crippen molar-refractivity contribution in [1.29, 1.82) is 0 Å². The van der Waals surface area contributed by atoms with E-state index in [9.17, 15) is 0 Å². The minimum absolute atomic E-state index is 0.508. The number of fused-ring (bicyclic) bond motifs is 12. The molecule has 0 aliphatic heterocycles. The van der Waals surface area contributed by atoms with Crippen LogP contribution in [0.25, 0.3) is 74.7 Å². The zero-order chi connectivity index (χ0) is 41.5. The molecule has 0 saturated heterocycles. The second-order valence-electron chi connectivity index (χ2n) is 16.8. The van der Waals surface area contributed by atoms with Crippen LogP contribution in [0.3, 0.4) is 0 Å². The lowest BCUT2D eigenvalue weighted by atomic mass is 9.67. The van der Waals surface area contributed by atoms with Crippen LogP contribution in [0.4, 0.5) is 17.1 Å². The van der Waals surface area contributed by atoms with Crippen LogP contribution in [-0.2, 0) is 5.41 Å². The highest BCUT2D eigenvalue weighted by atomic mass is 32.1. The molecule has 0 amide bonds. The Bertz CT molecular complexity index is 3680. The van der Waals surface area contributed by atoms with E-state index in [0.29, 0.717) is 0 Å². The molecule has 0 N–H and O–H groups in total. The van der Waals surface area contributed by atoms with Crippen LogP contribution in [0, 0.1) is 0 Å². The molecular formula is C61H39NS. The van der Waals surface area contributed by atoms with Crippen molar-refractivity contribution >= 4 is 80.9 Å². The normalized spacial score (nSPS) is 12.9. The van der Waals surface area contributed by atoms with Gasteiger partial charge in [0.05, 0.1) is 5.41 Å². The highest BCUT2D eigenvalue weighted by Crippen LogP contribution is 2.57. The molecule has 12 aromatic rings. The Kier molecular flexibility index (Phi) is 8.06. The van der Waals surface area contributed by atoms with E-state index < -0.39 is 5.41 Å². The van der Waals surface area contributed by atoms with Gasteiger partial charge in [-0.05, 0) is 125 Å². The predicted octanol–water partition coefficient (Wildman–Crippen LogP) is 17.0. The maximum Gasteiger partial charge on any atom is 0.0714 e. The monoisotopic (exact) mass is 817 g/mol. The molecule has 0 fully saturated rings. The fourth-order valence-electron chi connectivity index (χ4n) is 10.8. The number of rotatable bonds is 6. The van der Waals surface area contributed by atoms with Gasteiger partial charge in [0, 0.05) is 37.2 Å². The van der Waals surface area contributed by atoms with Gasteiger partial charge in [-0.3, -0.25) is 0 Å². The van der Waals surface area contributed by atoms with Crippen LogP contribution in [0.15, 0.2) is 237 Å². The standard InChI is InChI=1S/C61H39NS/c1-3-17-42(18-4-1)61(43-19-5-2-6-20-43)57-28-13-11-26-52(57)53-34-31-45(38-58(53)61)62(46-32-35-55-54-27-12-14-29-59(54)63-60(55)39-46)44-21-15-16-40(36-44)41-30-33-51-49-24-8-7-22-47(49)48-23-9-10-25-50(48)56(51)37-41/h1-39H. The fourth-order valence-corrected chi connectivity index (χ4v) is 11.9. The molecule has 0 spiro atoms. The predicted molar refractivity (Wildman–Crippen MR) is 269 cm³/mol. The smallest absolute Gasteiger partial charge is 0.0714 e. The quantitative estimate of drug-likeness (QED) is 0.151. The van der Waals surface area contributed by atoms with Gasteiger partial charge in [0.2, 0.25) is 0 Å². The van der Waals surface area contributed by atoms with Gasteiger partial charge >= 0.3 is 0 Å². The van der Waals surface area contributed by atoms with Crippen LogP contribution in [-0.4, -0.2) is 0 Å². The molecule has 294 valence electrons. The molecule has 1 aliphatic rings. The minimum atomic E-state index is -0.508. The van der Waals surface area contributed by atoms with Crippen LogP contribution in [0.5, 0.6) is 0 Å². The molecule has 0 saturated carbocycles. The summed E-state index contributed by atoms with van der Waals surface area (Å²) in [5, 5.41) is 10.3. The summed E-state index contributed by atoms with van der Waals surface area (Å²) in [5.74, 6) is 0. The van der Waals surface area contributed by atoms with E-state index in [1.54, 1.807) is 0 Å². The molecule has 2 heteroatoms. The van der Waals surface area contributed by atoms with E-state index >= 15 is 0 Å². The van der Waals surface area contributed by atoms with Crippen molar-refractivity contribution in [2.75, 3.05) is 4.90 Å². The van der Waals surface area contributed by atoms with Crippen molar-refractivity contribution in [2.24, 2.45) is 0 Å². The van der Waals surface area contributed by atoms with E-state index in [0.717, 1.165) is 17.1 Å². The lowest BCUT2D eigenvalue weighted by Crippen LogP contribution is -2.28. The minimum Gasteiger partial charge on any atom is -0.310 e. The van der Waals surface area contributed by atoms with Gasteiger partial charge in [-0.15, -0.1) is 11.3 Å². The summed E-state index contributed by atoms with van der Waals surface area (Å²) in [6.45, 7) is 0. The van der Waals surface area contributed by atoms with E-state index in [2.05, 4.69) is 241 Å². The first-order valence-electron chi connectivity index (χ1n) is 21.7. The third-order valence-corrected chi connectivity index (χ3v) is 14.6. The number of hydrogen-bond acceptors (Lipinski definition) is 2. The molecule has 1 aliphatic carbocycles. The van der Waals surface area contributed by atoms with Crippen LogP contribution in [0.1, 0.15) is 22.3 Å². The first kappa shape index (κ1) is 35.9. The Morgan fingerprint density at radius 2 is 0.794 bits per heavy atom. The molecule has 1 aromatic heterocycles. The lowest BCUT2D eigenvalue weighted by molar-refractivity contribution is 0.768. The summed E-state index contributed by atoms with van der Waals surface area (Å²) >= 11 is 1.87. The summed E-state index contributed by atoms with van der Waals surface area (Å²) in [5.41, 5.74) is 12.9. The third-order valence-electron chi connectivity index (χ3n) is 13.5. The Hall–Kier alpha value is -7.78. The van der Waals surface area contributed by atoms with Gasteiger partial charge in [0.25, 0.3) is 0 Å². The second-order valence-corrected chi connectivity index (χ2v) is 17.9. The maximum atomic E-state index is 2.48. The topological polar surface area (TPSA) is 3.24 Å². The molecule has 13 rings (SSSR count). The summed E-state index contributed by atoms with van der Waals surface area (Å²) in [6, 6.07) is 88.0. The zero-order valence-electron chi connectivity index (χ0n) is 34.4. The Morgan fingerprint density at radius 3 is 1.52 bits per heavy atom. The summed E-state index contributed by atoms with van der Waals surface area (Å²) in [4.78, 5) is 2.47. The number of nitrogens with zero attached hydrogens (tertiary/aromatic N) is 1. The van der Waals surface area contributed by atoms with Gasteiger partial charge in [-0.1, -0.05) is 188 Å². The van der Waals surface area contributed by atoms with Crippen LogP contribution >= 0.6 is 11.3 Å². The van der Waals surface area contributed by atoms with E-state index in [1.807, 2.05) is 11.3 Å². The second kappa shape index (κ2) is 14.1. The zero-order valence-corrected chi connectivity index (χ0v) is 35.2. The maximum absolute atomic E-state index is 2.48. The van der Waals surface area contributed by atoms with Gasteiger partial charge in [-0.25, -0.2) is 0 Å². The van der Waals surface area contributed by atoms with Crippen molar-refractivity contribution < 1.29 is 0 Å². The molecule has 0 atom stereocenters. The number of anilines is 3. The van der Waals surface area contributed by atoms with Gasteiger partial charge in [0.1, 0.15) is 0 Å².